The van der Waals surface area contributed by atoms with Crippen molar-refractivity contribution in [3.63, 3.8) is 0 Å². The van der Waals surface area contributed by atoms with Crippen LogP contribution in [0.15, 0.2) is 73.1 Å². The average molecular weight is 662 g/mol. The van der Waals surface area contributed by atoms with Crippen molar-refractivity contribution in [3.05, 3.63) is 95.3 Å². The first-order chi connectivity index (χ1) is 23.2. The number of hydrazine groups is 1. The van der Waals surface area contributed by atoms with Crippen LogP contribution in [-0.2, 0) is 14.3 Å². The summed E-state index contributed by atoms with van der Waals surface area (Å²) in [6.07, 6.45) is 3.68. The zero-order valence-electron chi connectivity index (χ0n) is 28.4. The number of esters is 1. The number of pyridine rings is 2. The van der Waals surface area contributed by atoms with Gasteiger partial charge in [-0.25, -0.2) is 20.0 Å². The molecule has 1 saturated heterocycles. The van der Waals surface area contributed by atoms with Gasteiger partial charge in [0.25, 0.3) is 11.8 Å². The van der Waals surface area contributed by atoms with Crippen LogP contribution in [0.25, 0.3) is 22.2 Å². The molecule has 1 fully saturated rings. The normalized spacial score (nSPS) is 14.4. The van der Waals surface area contributed by atoms with Crippen LogP contribution in [0.5, 0.6) is 0 Å². The monoisotopic (exact) mass is 661 g/mol. The van der Waals surface area contributed by atoms with E-state index in [9.17, 15) is 19.2 Å². The fraction of sp³-hybridized carbons (Fsp3) is 0.316. The number of aromatic nitrogens is 2. The Kier molecular flexibility index (Phi) is 9.99. The number of ether oxygens (including phenoxy) is 2. The second kappa shape index (κ2) is 14.2. The molecular formula is C38H39N5O6. The van der Waals surface area contributed by atoms with E-state index in [1.165, 1.54) is 0 Å². The number of carbonyl (C=O) groups is 4. The van der Waals surface area contributed by atoms with Gasteiger partial charge in [-0.3, -0.25) is 20.0 Å². The summed E-state index contributed by atoms with van der Waals surface area (Å²) in [5, 5.41) is 0.522. The molecule has 252 valence electrons. The maximum absolute atomic E-state index is 13.2. The molecule has 4 aromatic rings. The molecule has 2 aromatic heterocycles. The number of rotatable bonds is 4. The van der Waals surface area contributed by atoms with Crippen LogP contribution in [0.1, 0.15) is 86.2 Å². The Balaban J connectivity index is 1.27. The van der Waals surface area contributed by atoms with Crippen LogP contribution in [-0.4, -0.2) is 62.5 Å². The number of hydrogen-bond donors (Lipinski definition) is 2. The predicted octanol–water partition coefficient (Wildman–Crippen LogP) is 5.81. The van der Waals surface area contributed by atoms with E-state index >= 15 is 0 Å². The van der Waals surface area contributed by atoms with E-state index < -0.39 is 29.2 Å². The molecule has 0 spiro atoms. The molecule has 0 radical (unpaired) electrons. The lowest BCUT2D eigenvalue weighted by Crippen LogP contribution is -2.44. The van der Waals surface area contributed by atoms with Gasteiger partial charge in [0, 0.05) is 46.6 Å². The molecule has 11 nitrogen and oxygen atoms in total. The molecule has 1 atom stereocenters. The molecule has 1 aliphatic heterocycles. The Morgan fingerprint density at radius 3 is 2.10 bits per heavy atom. The molecule has 3 amide bonds. The summed E-state index contributed by atoms with van der Waals surface area (Å²) in [5.74, 6) is 5.13. The summed E-state index contributed by atoms with van der Waals surface area (Å²) >= 11 is 0. The Morgan fingerprint density at radius 2 is 1.47 bits per heavy atom. The van der Waals surface area contributed by atoms with Crippen LogP contribution in [0.3, 0.4) is 0 Å². The lowest BCUT2D eigenvalue weighted by Gasteiger charge is -2.27. The third-order valence-corrected chi connectivity index (χ3v) is 7.39. The van der Waals surface area contributed by atoms with Crippen molar-refractivity contribution in [2.24, 2.45) is 0 Å². The highest BCUT2D eigenvalue weighted by Gasteiger charge is 2.37. The standard InChI is InChI=1S/C38H39N5O6/c1-37(2,3)48-35(46)32-8-7-21-43(32)34(45)27-17-13-25(14-18-27)10-9-24-11-15-26(16-12-24)31-22-28(29-23-39-20-19-30(29)40-31)33(44)41-42-36(47)49-38(4,5)6/h11-20,22-23,32H,7-8,21H2,1-6H3,(H,41,44)(H,42,47)/t32-/m0/s1. The Hall–Kier alpha value is -5.76. The highest BCUT2D eigenvalue weighted by Crippen LogP contribution is 2.26. The van der Waals surface area contributed by atoms with Crippen LogP contribution in [0.4, 0.5) is 4.79 Å². The molecule has 3 heterocycles. The predicted molar refractivity (Wildman–Crippen MR) is 184 cm³/mol. The molecule has 1 aliphatic rings. The maximum atomic E-state index is 13.2. The van der Waals surface area contributed by atoms with E-state index in [-0.39, 0.29) is 17.4 Å². The number of nitrogens with zero attached hydrogens (tertiary/aromatic N) is 3. The molecule has 11 heteroatoms. The third kappa shape index (κ3) is 8.99. The minimum absolute atomic E-state index is 0.207. The number of benzene rings is 2. The largest absolute Gasteiger partial charge is 0.458 e. The van der Waals surface area contributed by atoms with Crippen LogP contribution in [0.2, 0.25) is 0 Å². The average Bonchev–Trinajstić information content (AvgIpc) is 3.55. The van der Waals surface area contributed by atoms with Crippen LogP contribution >= 0.6 is 0 Å². The first-order valence-electron chi connectivity index (χ1n) is 16.0. The first kappa shape index (κ1) is 34.6. The second-order valence-corrected chi connectivity index (χ2v) is 13.6. The van der Waals surface area contributed by atoms with E-state index in [0.717, 1.165) is 23.1 Å². The van der Waals surface area contributed by atoms with Gasteiger partial charge in [-0.05, 0) is 103 Å². The van der Waals surface area contributed by atoms with Gasteiger partial charge in [-0.1, -0.05) is 24.0 Å². The van der Waals surface area contributed by atoms with Crippen molar-refractivity contribution in [2.45, 2.75) is 71.6 Å². The zero-order valence-corrected chi connectivity index (χ0v) is 28.4. The highest BCUT2D eigenvalue weighted by atomic mass is 16.6. The van der Waals surface area contributed by atoms with Gasteiger partial charge < -0.3 is 14.4 Å². The van der Waals surface area contributed by atoms with Crippen molar-refractivity contribution < 1.29 is 28.7 Å². The van der Waals surface area contributed by atoms with E-state index in [2.05, 4.69) is 27.7 Å². The molecule has 2 aromatic carbocycles. The number of carbonyl (C=O) groups excluding carboxylic acids is 4. The van der Waals surface area contributed by atoms with Crippen LogP contribution < -0.4 is 10.9 Å². The van der Waals surface area contributed by atoms with Gasteiger partial charge in [0.15, 0.2) is 0 Å². The first-order valence-corrected chi connectivity index (χ1v) is 16.0. The number of likely N-dealkylation sites (tertiary alicyclic amines) is 1. The topological polar surface area (TPSA) is 140 Å². The van der Waals surface area contributed by atoms with Crippen molar-refractivity contribution >= 4 is 34.8 Å². The summed E-state index contributed by atoms with van der Waals surface area (Å²) in [6.45, 7) is 11.1. The lowest BCUT2D eigenvalue weighted by atomic mass is 10.0. The quantitative estimate of drug-likeness (QED) is 0.159. The second-order valence-electron chi connectivity index (χ2n) is 13.6. The summed E-state index contributed by atoms with van der Waals surface area (Å²) < 4.78 is 10.7. The van der Waals surface area contributed by atoms with Crippen molar-refractivity contribution in [2.75, 3.05) is 6.54 Å². The fourth-order valence-corrected chi connectivity index (χ4v) is 5.24. The van der Waals surface area contributed by atoms with E-state index in [4.69, 9.17) is 14.5 Å². The lowest BCUT2D eigenvalue weighted by molar-refractivity contribution is -0.159. The summed E-state index contributed by atoms with van der Waals surface area (Å²) in [5.41, 5.74) is 7.44. The molecule has 2 N–H and O–H groups in total. The molecule has 0 unspecified atom stereocenters. The minimum atomic E-state index is -0.783. The molecule has 5 rings (SSSR count). The highest BCUT2D eigenvalue weighted by molar-refractivity contribution is 6.07. The van der Waals surface area contributed by atoms with Crippen molar-refractivity contribution in [1.29, 1.82) is 0 Å². The van der Waals surface area contributed by atoms with Crippen molar-refractivity contribution in [1.82, 2.24) is 25.7 Å². The molecule has 0 saturated carbocycles. The summed E-state index contributed by atoms with van der Waals surface area (Å²) in [6, 6.07) is 17.2. The molecule has 49 heavy (non-hydrogen) atoms. The Bertz CT molecular complexity index is 1950. The Morgan fingerprint density at radius 1 is 0.837 bits per heavy atom. The van der Waals surface area contributed by atoms with E-state index in [0.29, 0.717) is 35.1 Å². The summed E-state index contributed by atoms with van der Waals surface area (Å²) in [4.78, 5) is 61.5. The van der Waals surface area contributed by atoms with Gasteiger partial charge in [-0.2, -0.15) is 0 Å². The van der Waals surface area contributed by atoms with E-state index in [1.54, 1.807) is 74.5 Å². The van der Waals surface area contributed by atoms with Gasteiger partial charge in [-0.15, -0.1) is 0 Å². The maximum Gasteiger partial charge on any atom is 0.426 e. The SMILES string of the molecule is CC(C)(C)OC(=O)NNC(=O)c1cc(-c2ccc(C#Cc3ccc(C(=O)N4CCC[C@H]4C(=O)OC(C)(C)C)cc3)cc2)nc2ccncc12. The van der Waals surface area contributed by atoms with E-state index in [1.807, 2.05) is 45.0 Å². The van der Waals surface area contributed by atoms with Crippen molar-refractivity contribution in [3.8, 4) is 23.1 Å². The van der Waals surface area contributed by atoms with Gasteiger partial charge in [0.05, 0.1) is 16.8 Å². The zero-order chi connectivity index (χ0) is 35.3. The fourth-order valence-electron chi connectivity index (χ4n) is 5.24. The molecule has 0 aliphatic carbocycles. The molecular weight excluding hydrogens is 622 g/mol. The summed E-state index contributed by atoms with van der Waals surface area (Å²) in [7, 11) is 0. The Labute approximate surface area is 285 Å². The number of amides is 3. The molecule has 0 bridgehead atoms. The number of hydrogen-bond acceptors (Lipinski definition) is 8. The van der Waals surface area contributed by atoms with Gasteiger partial charge in [0.1, 0.15) is 17.2 Å². The third-order valence-electron chi connectivity index (χ3n) is 7.39. The van der Waals surface area contributed by atoms with Crippen LogP contribution in [0, 0.1) is 11.8 Å². The number of nitrogens with one attached hydrogen (secondary N) is 2. The van der Waals surface area contributed by atoms with Gasteiger partial charge >= 0.3 is 12.1 Å². The minimum Gasteiger partial charge on any atom is -0.458 e. The van der Waals surface area contributed by atoms with Gasteiger partial charge in [0.2, 0.25) is 0 Å². The smallest absolute Gasteiger partial charge is 0.426 e. The number of fused-ring (bicyclic) bond motifs is 1.